The molecule has 0 aliphatic heterocycles. The highest BCUT2D eigenvalue weighted by atomic mass is 35.5. The second kappa shape index (κ2) is 5.63. The van der Waals surface area contributed by atoms with Crippen molar-refractivity contribution in [1.82, 2.24) is 15.0 Å². The molecule has 6 heteroatoms. The van der Waals surface area contributed by atoms with Gasteiger partial charge in [-0.25, -0.2) is 9.07 Å². The number of nitrogens with zero attached hydrogens (tertiary/aromatic N) is 3. The molecule has 1 unspecified atom stereocenters. The molecule has 1 atom stereocenters. The van der Waals surface area contributed by atoms with Gasteiger partial charge in [0.2, 0.25) is 0 Å². The minimum absolute atomic E-state index is 0.307. The molecule has 1 aromatic heterocycles. The highest BCUT2D eigenvalue weighted by Gasteiger charge is 2.19. The molecule has 0 radical (unpaired) electrons. The van der Waals surface area contributed by atoms with Crippen LogP contribution in [0.3, 0.4) is 0 Å². The van der Waals surface area contributed by atoms with E-state index in [9.17, 15) is 4.39 Å². The molecule has 0 aliphatic rings. The zero-order valence-electron chi connectivity index (χ0n) is 10.9. The van der Waals surface area contributed by atoms with Crippen molar-refractivity contribution >= 4 is 11.6 Å². The third-order valence-corrected chi connectivity index (χ3v) is 3.42. The highest BCUT2D eigenvalue weighted by Crippen LogP contribution is 2.25. The van der Waals surface area contributed by atoms with Crippen molar-refractivity contribution in [2.75, 3.05) is 0 Å². The molecule has 0 saturated heterocycles. The van der Waals surface area contributed by atoms with Crippen LogP contribution in [0.25, 0.3) is 5.69 Å². The Balaban J connectivity index is 2.06. The lowest BCUT2D eigenvalue weighted by Crippen LogP contribution is -2.18. The predicted octanol–water partition coefficient (Wildman–Crippen LogP) is 3.11. The van der Waals surface area contributed by atoms with E-state index >= 15 is 0 Å². The molecule has 1 heterocycles. The lowest BCUT2D eigenvalue weighted by molar-refractivity contribution is 0.592. The average Bonchev–Trinajstić information content (AvgIpc) is 2.99. The van der Waals surface area contributed by atoms with Gasteiger partial charge in [0.25, 0.3) is 0 Å². The third kappa shape index (κ3) is 2.66. The van der Waals surface area contributed by atoms with E-state index in [1.54, 1.807) is 4.68 Å². The standard InChI is InChI=1S/C15H12ClFN4/c16-10-6-7-13(17)12(8-10)15(18)14-9-19-20-21(14)11-4-2-1-3-5-11/h1-9,15H,18H2. The monoisotopic (exact) mass is 302 g/mol. The van der Waals surface area contributed by atoms with Gasteiger partial charge in [0.05, 0.1) is 23.6 Å². The van der Waals surface area contributed by atoms with Crippen molar-refractivity contribution < 1.29 is 4.39 Å². The van der Waals surface area contributed by atoms with E-state index < -0.39 is 11.9 Å². The summed E-state index contributed by atoms with van der Waals surface area (Å²) in [6, 6.07) is 13.0. The van der Waals surface area contributed by atoms with Gasteiger partial charge in [-0.3, -0.25) is 0 Å². The first kappa shape index (κ1) is 13.7. The molecular weight excluding hydrogens is 291 g/mol. The molecular formula is C15H12ClFN4. The maximum absolute atomic E-state index is 14.0. The Hall–Kier alpha value is -2.24. The largest absolute Gasteiger partial charge is 0.319 e. The van der Waals surface area contributed by atoms with Gasteiger partial charge < -0.3 is 5.73 Å². The number of benzene rings is 2. The summed E-state index contributed by atoms with van der Waals surface area (Å²) in [6.07, 6.45) is 1.53. The smallest absolute Gasteiger partial charge is 0.128 e. The van der Waals surface area contributed by atoms with Gasteiger partial charge in [0.15, 0.2) is 0 Å². The number of rotatable bonds is 3. The summed E-state index contributed by atoms with van der Waals surface area (Å²) >= 11 is 5.92. The molecule has 0 amide bonds. The number of halogens is 2. The summed E-state index contributed by atoms with van der Waals surface area (Å²) in [4.78, 5) is 0. The van der Waals surface area contributed by atoms with Crippen molar-refractivity contribution in [2.45, 2.75) is 6.04 Å². The van der Waals surface area contributed by atoms with E-state index in [0.717, 1.165) is 5.69 Å². The SMILES string of the molecule is NC(c1cc(Cl)ccc1F)c1cnnn1-c1ccccc1. The first-order chi connectivity index (χ1) is 10.2. The molecule has 0 spiro atoms. The summed E-state index contributed by atoms with van der Waals surface area (Å²) < 4.78 is 15.5. The van der Waals surface area contributed by atoms with Crippen molar-refractivity contribution in [3.05, 3.63) is 76.8 Å². The Morgan fingerprint density at radius 1 is 1.14 bits per heavy atom. The van der Waals surface area contributed by atoms with Crippen LogP contribution in [-0.2, 0) is 0 Å². The zero-order valence-corrected chi connectivity index (χ0v) is 11.7. The van der Waals surface area contributed by atoms with Crippen LogP contribution in [0.4, 0.5) is 4.39 Å². The molecule has 2 aromatic carbocycles. The molecule has 0 bridgehead atoms. The van der Waals surface area contributed by atoms with Gasteiger partial charge in [0, 0.05) is 10.6 Å². The highest BCUT2D eigenvalue weighted by molar-refractivity contribution is 6.30. The van der Waals surface area contributed by atoms with Gasteiger partial charge in [-0.05, 0) is 30.3 Å². The fourth-order valence-corrected chi connectivity index (χ4v) is 2.32. The number of para-hydroxylation sites is 1. The second-order valence-electron chi connectivity index (χ2n) is 4.55. The molecule has 0 saturated carbocycles. The van der Waals surface area contributed by atoms with Crippen LogP contribution in [0.5, 0.6) is 0 Å². The van der Waals surface area contributed by atoms with E-state index in [1.807, 2.05) is 30.3 Å². The van der Waals surface area contributed by atoms with Gasteiger partial charge in [-0.2, -0.15) is 0 Å². The number of hydrogen-bond acceptors (Lipinski definition) is 3. The van der Waals surface area contributed by atoms with Crippen LogP contribution in [-0.4, -0.2) is 15.0 Å². The molecule has 21 heavy (non-hydrogen) atoms. The maximum atomic E-state index is 14.0. The molecule has 0 aliphatic carbocycles. The van der Waals surface area contributed by atoms with E-state index in [4.69, 9.17) is 17.3 Å². The Bertz CT molecular complexity index is 757. The Labute approximate surface area is 126 Å². The van der Waals surface area contributed by atoms with E-state index in [1.165, 1.54) is 24.4 Å². The molecule has 2 N–H and O–H groups in total. The van der Waals surface area contributed by atoms with Crippen molar-refractivity contribution in [2.24, 2.45) is 5.73 Å². The molecule has 0 fully saturated rings. The quantitative estimate of drug-likeness (QED) is 0.809. The van der Waals surface area contributed by atoms with Gasteiger partial charge in [0.1, 0.15) is 5.82 Å². The molecule has 4 nitrogen and oxygen atoms in total. The van der Waals surface area contributed by atoms with Gasteiger partial charge >= 0.3 is 0 Å². The van der Waals surface area contributed by atoms with Crippen LogP contribution in [0.15, 0.2) is 54.7 Å². The topological polar surface area (TPSA) is 56.7 Å². The van der Waals surface area contributed by atoms with Crippen molar-refractivity contribution in [1.29, 1.82) is 0 Å². The van der Waals surface area contributed by atoms with E-state index in [2.05, 4.69) is 10.3 Å². The van der Waals surface area contributed by atoms with Gasteiger partial charge in [-0.1, -0.05) is 35.0 Å². The summed E-state index contributed by atoms with van der Waals surface area (Å²) in [7, 11) is 0. The fourth-order valence-electron chi connectivity index (χ4n) is 2.14. The van der Waals surface area contributed by atoms with E-state index in [-0.39, 0.29) is 0 Å². The first-order valence-corrected chi connectivity index (χ1v) is 6.71. The van der Waals surface area contributed by atoms with Crippen LogP contribution in [0.1, 0.15) is 17.3 Å². The Morgan fingerprint density at radius 3 is 2.67 bits per heavy atom. The number of aromatic nitrogens is 3. The minimum atomic E-state index is -0.709. The lowest BCUT2D eigenvalue weighted by atomic mass is 10.0. The second-order valence-corrected chi connectivity index (χ2v) is 4.99. The summed E-state index contributed by atoms with van der Waals surface area (Å²) in [6.45, 7) is 0. The van der Waals surface area contributed by atoms with E-state index in [0.29, 0.717) is 16.3 Å². The zero-order chi connectivity index (χ0) is 14.8. The number of hydrogen-bond donors (Lipinski definition) is 1. The molecule has 106 valence electrons. The minimum Gasteiger partial charge on any atom is -0.319 e. The normalized spacial score (nSPS) is 12.3. The maximum Gasteiger partial charge on any atom is 0.128 e. The third-order valence-electron chi connectivity index (χ3n) is 3.19. The summed E-state index contributed by atoms with van der Waals surface area (Å²) in [5.74, 6) is -0.410. The first-order valence-electron chi connectivity index (χ1n) is 6.33. The van der Waals surface area contributed by atoms with Crippen LogP contribution >= 0.6 is 11.6 Å². The van der Waals surface area contributed by atoms with Gasteiger partial charge in [-0.15, -0.1) is 5.10 Å². The summed E-state index contributed by atoms with van der Waals surface area (Å²) in [5.41, 5.74) is 7.87. The lowest BCUT2D eigenvalue weighted by Gasteiger charge is -2.14. The Morgan fingerprint density at radius 2 is 1.90 bits per heavy atom. The molecule has 3 rings (SSSR count). The Kier molecular flexibility index (Phi) is 3.68. The number of nitrogens with two attached hydrogens (primary N) is 1. The predicted molar refractivity (Wildman–Crippen MR) is 78.8 cm³/mol. The van der Waals surface area contributed by atoms with Crippen molar-refractivity contribution in [3.8, 4) is 5.69 Å². The van der Waals surface area contributed by atoms with Crippen molar-refractivity contribution in [3.63, 3.8) is 0 Å². The summed E-state index contributed by atoms with van der Waals surface area (Å²) in [5, 5.41) is 8.32. The molecule has 3 aromatic rings. The fraction of sp³-hybridized carbons (Fsp3) is 0.0667. The van der Waals surface area contributed by atoms with Crippen LogP contribution in [0, 0.1) is 5.82 Å². The average molecular weight is 303 g/mol. The van der Waals surface area contributed by atoms with Crippen LogP contribution in [0.2, 0.25) is 5.02 Å². The van der Waals surface area contributed by atoms with Crippen LogP contribution < -0.4 is 5.73 Å².